The van der Waals surface area contributed by atoms with E-state index in [1.807, 2.05) is 31.2 Å². The van der Waals surface area contributed by atoms with Gasteiger partial charge in [0.25, 0.3) is 0 Å². The molecule has 22 heavy (non-hydrogen) atoms. The highest BCUT2D eigenvalue weighted by atomic mass is 35.5. The van der Waals surface area contributed by atoms with Gasteiger partial charge in [-0.05, 0) is 30.0 Å². The second-order valence-corrected chi connectivity index (χ2v) is 6.38. The number of Topliss-reactive ketones (excluding diaryl/α,β-unsaturated/α-hetero) is 2. The average Bonchev–Trinajstić information content (AvgIpc) is 2.46. The molecule has 1 aliphatic carbocycles. The van der Waals surface area contributed by atoms with Crippen LogP contribution in [-0.4, -0.2) is 11.6 Å². The summed E-state index contributed by atoms with van der Waals surface area (Å²) in [6.07, 6.45) is 1.01. The van der Waals surface area contributed by atoms with Crippen molar-refractivity contribution in [2.45, 2.75) is 32.1 Å². The molecule has 2 aromatic carbocycles. The Balaban J connectivity index is 2.02. The largest absolute Gasteiger partial charge is 0.299 e. The highest BCUT2D eigenvalue weighted by Gasteiger charge is 2.27. The standard InChI is InChI=1S/C19H17ClO2/c1-12-6-13(14-9-16(21)11-17(22)10-14)8-15(7-12)18-4-2-3-5-19(18)20/h2-8,14H,9-11H2,1H3. The van der Waals surface area contributed by atoms with Crippen molar-refractivity contribution in [2.75, 3.05) is 0 Å². The van der Waals surface area contributed by atoms with Crippen molar-refractivity contribution in [1.29, 1.82) is 0 Å². The minimum atomic E-state index is -0.00473. The molecule has 1 fully saturated rings. The summed E-state index contributed by atoms with van der Waals surface area (Å²) in [5.41, 5.74) is 4.17. The van der Waals surface area contributed by atoms with E-state index >= 15 is 0 Å². The third-order valence-corrected chi connectivity index (χ3v) is 4.43. The molecule has 0 radical (unpaired) electrons. The van der Waals surface area contributed by atoms with Crippen LogP contribution in [0.15, 0.2) is 42.5 Å². The molecule has 3 heteroatoms. The Labute approximate surface area is 135 Å². The Morgan fingerprint density at radius 3 is 2.36 bits per heavy atom. The van der Waals surface area contributed by atoms with E-state index in [0.29, 0.717) is 17.9 Å². The van der Waals surface area contributed by atoms with E-state index in [2.05, 4.69) is 18.2 Å². The van der Waals surface area contributed by atoms with Crippen molar-refractivity contribution >= 4 is 23.2 Å². The number of carbonyl (C=O) groups excluding carboxylic acids is 2. The van der Waals surface area contributed by atoms with Gasteiger partial charge in [0, 0.05) is 23.4 Å². The van der Waals surface area contributed by atoms with Crippen LogP contribution in [-0.2, 0) is 9.59 Å². The Kier molecular flexibility index (Phi) is 4.12. The van der Waals surface area contributed by atoms with Crippen LogP contribution in [0.4, 0.5) is 0 Å². The highest BCUT2D eigenvalue weighted by Crippen LogP contribution is 2.34. The highest BCUT2D eigenvalue weighted by molar-refractivity contribution is 6.33. The Morgan fingerprint density at radius 2 is 1.68 bits per heavy atom. The lowest BCUT2D eigenvalue weighted by atomic mass is 9.81. The van der Waals surface area contributed by atoms with Gasteiger partial charge in [0.05, 0.1) is 6.42 Å². The number of rotatable bonds is 2. The molecule has 0 atom stereocenters. The normalized spacial score (nSPS) is 16.1. The molecule has 2 aromatic rings. The molecule has 0 bridgehead atoms. The molecule has 0 saturated heterocycles. The van der Waals surface area contributed by atoms with Gasteiger partial charge in [-0.1, -0.05) is 53.6 Å². The van der Waals surface area contributed by atoms with Crippen LogP contribution in [0.25, 0.3) is 11.1 Å². The first kappa shape index (κ1) is 15.0. The predicted octanol–water partition coefficient (Wildman–Crippen LogP) is 4.72. The summed E-state index contributed by atoms with van der Waals surface area (Å²) in [6, 6.07) is 13.9. The van der Waals surface area contributed by atoms with Crippen LogP contribution in [0.1, 0.15) is 36.3 Å². The predicted molar refractivity (Wildman–Crippen MR) is 88.2 cm³/mol. The van der Waals surface area contributed by atoms with Gasteiger partial charge in [-0.3, -0.25) is 9.59 Å². The first-order valence-electron chi connectivity index (χ1n) is 7.43. The smallest absolute Gasteiger partial charge is 0.140 e. The first-order chi connectivity index (χ1) is 10.5. The maximum absolute atomic E-state index is 11.7. The lowest BCUT2D eigenvalue weighted by Crippen LogP contribution is -2.21. The molecule has 3 rings (SSSR count). The second kappa shape index (κ2) is 6.05. The molecule has 2 nitrogen and oxygen atoms in total. The van der Waals surface area contributed by atoms with Crippen LogP contribution in [0, 0.1) is 6.92 Å². The molecular weight excluding hydrogens is 296 g/mol. The monoisotopic (exact) mass is 312 g/mol. The van der Waals surface area contributed by atoms with E-state index in [1.165, 1.54) is 0 Å². The summed E-state index contributed by atoms with van der Waals surface area (Å²) in [6.45, 7) is 2.02. The summed E-state index contributed by atoms with van der Waals surface area (Å²) in [7, 11) is 0. The second-order valence-electron chi connectivity index (χ2n) is 5.97. The molecule has 0 aromatic heterocycles. The maximum atomic E-state index is 11.7. The van der Waals surface area contributed by atoms with Crippen LogP contribution >= 0.6 is 11.6 Å². The molecule has 0 aliphatic heterocycles. The zero-order valence-electron chi connectivity index (χ0n) is 12.4. The SMILES string of the molecule is Cc1cc(-c2ccccc2Cl)cc(C2CC(=O)CC(=O)C2)c1. The molecular formula is C19H17ClO2. The molecule has 0 unspecified atom stereocenters. The molecule has 0 heterocycles. The molecule has 1 saturated carbocycles. The summed E-state index contributed by atoms with van der Waals surface area (Å²) >= 11 is 6.29. The number of halogens is 1. The van der Waals surface area contributed by atoms with Crippen LogP contribution in [0.2, 0.25) is 5.02 Å². The topological polar surface area (TPSA) is 34.1 Å². The molecule has 0 amide bonds. The Bertz CT molecular complexity index is 733. The Morgan fingerprint density at radius 1 is 1.00 bits per heavy atom. The third-order valence-electron chi connectivity index (χ3n) is 4.10. The fourth-order valence-corrected chi connectivity index (χ4v) is 3.37. The first-order valence-corrected chi connectivity index (χ1v) is 7.80. The van der Waals surface area contributed by atoms with Gasteiger partial charge in [0.1, 0.15) is 11.6 Å². The van der Waals surface area contributed by atoms with E-state index < -0.39 is 0 Å². The van der Waals surface area contributed by atoms with Gasteiger partial charge in [0.2, 0.25) is 0 Å². The zero-order chi connectivity index (χ0) is 15.7. The maximum Gasteiger partial charge on any atom is 0.140 e. The number of aryl methyl sites for hydroxylation is 1. The van der Waals surface area contributed by atoms with Crippen LogP contribution in [0.3, 0.4) is 0 Å². The number of ketones is 2. The number of hydrogen-bond acceptors (Lipinski definition) is 2. The van der Waals surface area contributed by atoms with Crippen molar-refractivity contribution in [3.05, 3.63) is 58.6 Å². The van der Waals surface area contributed by atoms with Gasteiger partial charge in [0.15, 0.2) is 0 Å². The lowest BCUT2D eigenvalue weighted by Gasteiger charge is -2.21. The van der Waals surface area contributed by atoms with Crippen LogP contribution in [0.5, 0.6) is 0 Å². The van der Waals surface area contributed by atoms with Gasteiger partial charge in [-0.15, -0.1) is 0 Å². The number of carbonyl (C=O) groups is 2. The summed E-state index contributed by atoms with van der Waals surface area (Å²) in [5, 5.41) is 0.704. The van der Waals surface area contributed by atoms with Gasteiger partial charge in [-0.2, -0.15) is 0 Å². The minimum Gasteiger partial charge on any atom is -0.299 e. The van der Waals surface area contributed by atoms with Gasteiger partial charge in [-0.25, -0.2) is 0 Å². The molecule has 0 spiro atoms. The summed E-state index contributed by atoms with van der Waals surface area (Å²) in [4.78, 5) is 23.4. The van der Waals surface area contributed by atoms with Crippen molar-refractivity contribution in [1.82, 2.24) is 0 Å². The van der Waals surface area contributed by atoms with E-state index in [9.17, 15) is 9.59 Å². The van der Waals surface area contributed by atoms with Crippen molar-refractivity contribution in [2.24, 2.45) is 0 Å². The fourth-order valence-electron chi connectivity index (χ4n) is 3.12. The minimum absolute atomic E-state index is 0.00473. The molecule has 112 valence electrons. The van der Waals surface area contributed by atoms with E-state index in [4.69, 9.17) is 11.6 Å². The van der Waals surface area contributed by atoms with Crippen LogP contribution < -0.4 is 0 Å². The van der Waals surface area contributed by atoms with Crippen molar-refractivity contribution in [3.8, 4) is 11.1 Å². The lowest BCUT2D eigenvalue weighted by molar-refractivity contribution is -0.130. The number of hydrogen-bond donors (Lipinski definition) is 0. The van der Waals surface area contributed by atoms with E-state index in [1.54, 1.807) is 0 Å². The number of benzene rings is 2. The summed E-state index contributed by atoms with van der Waals surface area (Å²) in [5.74, 6) is 0.0824. The zero-order valence-corrected chi connectivity index (χ0v) is 13.2. The quantitative estimate of drug-likeness (QED) is 0.752. The van der Waals surface area contributed by atoms with Gasteiger partial charge >= 0.3 is 0 Å². The Hall–Kier alpha value is -1.93. The molecule has 1 aliphatic rings. The van der Waals surface area contributed by atoms with Gasteiger partial charge < -0.3 is 0 Å². The van der Waals surface area contributed by atoms with E-state index in [-0.39, 0.29) is 23.9 Å². The molecule has 0 N–H and O–H groups in total. The van der Waals surface area contributed by atoms with Crippen molar-refractivity contribution in [3.63, 3.8) is 0 Å². The average molecular weight is 313 g/mol. The summed E-state index contributed by atoms with van der Waals surface area (Å²) < 4.78 is 0. The van der Waals surface area contributed by atoms with E-state index in [0.717, 1.165) is 22.3 Å². The third kappa shape index (κ3) is 3.12. The van der Waals surface area contributed by atoms with Crippen molar-refractivity contribution < 1.29 is 9.59 Å². The fraction of sp³-hybridized carbons (Fsp3) is 0.263.